The molecule has 107 heavy (non-hydrogen) atoms. The van der Waals surface area contributed by atoms with Gasteiger partial charge in [0.15, 0.2) is 5.75 Å². The van der Waals surface area contributed by atoms with Gasteiger partial charge in [-0.3, -0.25) is 48.2 Å². The van der Waals surface area contributed by atoms with Crippen LogP contribution in [0.5, 0.6) is 11.5 Å². The Morgan fingerprint density at radius 2 is 0.664 bits per heavy atom. The SMILES string of the molecule is C=C(C)C(=O)Oc1ccc(C(C)(c2ccc(OC(=O)C(=C)C)c(N3C(=O)c4ccc(C(C)(c5ccc6c(c5)C(=O)N(C)C6=O)C(F)(F)F)cc4C3=O)c2)C(F)(F)F)cc1C.Cc1ccc(-c2ccc(N3C(=O)c4ccc(C(C)(c5ccc6c(c5)C(=O)N(C)C6=O)C(F)(F)F)cc4C3=O)cc2C(F)(F)F)c(C)c1. The maximum atomic E-state index is 15.4. The number of imide groups is 4. The van der Waals surface area contributed by atoms with Crippen molar-refractivity contribution in [2.75, 3.05) is 23.9 Å². The predicted octanol–water partition coefficient (Wildman–Crippen LogP) is 16.6. The molecule has 4 heterocycles. The number of halogens is 12. The molecule has 0 bridgehead atoms. The van der Waals surface area contributed by atoms with Crippen LogP contribution in [0.1, 0.15) is 173 Å². The summed E-state index contributed by atoms with van der Waals surface area (Å²) < 4.78 is 190. The van der Waals surface area contributed by atoms with Crippen molar-refractivity contribution in [1.82, 2.24) is 9.80 Å². The number of carbonyl (C=O) groups excluding carboxylic acids is 10. The van der Waals surface area contributed by atoms with Gasteiger partial charge in [-0.15, -0.1) is 0 Å². The van der Waals surface area contributed by atoms with E-state index >= 15 is 26.3 Å². The fourth-order valence-corrected chi connectivity index (χ4v) is 13.2. The number of hydrogen-bond donors (Lipinski definition) is 0. The lowest BCUT2D eigenvalue weighted by Crippen LogP contribution is -2.41. The summed E-state index contributed by atoms with van der Waals surface area (Å²) in [7, 11) is 2.38. The Balaban J connectivity index is 0.000000219. The summed E-state index contributed by atoms with van der Waals surface area (Å²) in [6.07, 6.45) is -20.0. The Labute approximate surface area is 601 Å². The average Bonchev–Trinajstić information content (AvgIpc) is 1.65. The number of esters is 2. The Hall–Kier alpha value is -12.1. The van der Waals surface area contributed by atoms with E-state index in [4.69, 9.17) is 9.47 Å². The van der Waals surface area contributed by atoms with Crippen molar-refractivity contribution in [3.8, 4) is 22.6 Å². The van der Waals surface area contributed by atoms with E-state index in [0.29, 0.717) is 27.0 Å². The van der Waals surface area contributed by atoms with Crippen LogP contribution < -0.4 is 19.3 Å². The van der Waals surface area contributed by atoms with Crippen molar-refractivity contribution in [1.29, 1.82) is 0 Å². The summed E-state index contributed by atoms with van der Waals surface area (Å²) in [5.74, 6) is -9.95. The van der Waals surface area contributed by atoms with Gasteiger partial charge >= 0.3 is 36.6 Å². The quantitative estimate of drug-likeness (QED) is 0.0348. The van der Waals surface area contributed by atoms with Gasteiger partial charge in [-0.1, -0.05) is 85.5 Å². The molecule has 0 N–H and O–H groups in total. The number of fused-ring (bicyclic) bond motifs is 4. The van der Waals surface area contributed by atoms with E-state index < -0.39 is 167 Å². The van der Waals surface area contributed by atoms with Crippen molar-refractivity contribution < 1.29 is 110 Å². The van der Waals surface area contributed by atoms with E-state index in [1.54, 1.807) is 32.0 Å². The van der Waals surface area contributed by atoms with Gasteiger partial charge in [0.1, 0.15) is 22.0 Å². The molecule has 8 amide bonds. The summed E-state index contributed by atoms with van der Waals surface area (Å²) in [4.78, 5) is 133. The summed E-state index contributed by atoms with van der Waals surface area (Å²) in [5.41, 5.74) is -14.4. The normalized spacial score (nSPS) is 16.0. The van der Waals surface area contributed by atoms with Crippen LogP contribution >= 0.6 is 0 Å². The van der Waals surface area contributed by atoms with E-state index in [-0.39, 0.29) is 61.4 Å². The molecule has 0 saturated carbocycles. The zero-order chi connectivity index (χ0) is 79.0. The van der Waals surface area contributed by atoms with Crippen molar-refractivity contribution in [3.63, 3.8) is 0 Å². The summed E-state index contributed by atoms with van der Waals surface area (Å²) in [6, 6.07) is 25.9. The molecule has 8 aromatic rings. The van der Waals surface area contributed by atoms with Crippen LogP contribution in [0.15, 0.2) is 170 Å². The second-order valence-corrected chi connectivity index (χ2v) is 26.7. The van der Waals surface area contributed by atoms with E-state index in [2.05, 4.69) is 13.2 Å². The van der Waals surface area contributed by atoms with Crippen LogP contribution in [-0.2, 0) is 32.0 Å². The maximum Gasteiger partial charge on any atom is 0.417 e. The molecule has 16 nitrogen and oxygen atoms in total. The molecule has 12 rings (SSSR count). The third-order valence-corrected chi connectivity index (χ3v) is 19.8. The number of hydrogen-bond acceptors (Lipinski definition) is 12. The zero-order valence-corrected chi connectivity index (χ0v) is 58.0. The minimum Gasteiger partial charge on any atom is -0.423 e. The molecule has 4 aliphatic heterocycles. The molecule has 3 unspecified atom stereocenters. The first-order valence-electron chi connectivity index (χ1n) is 32.1. The summed E-state index contributed by atoms with van der Waals surface area (Å²) in [5, 5.41) is 0. The molecule has 3 atom stereocenters. The molecule has 0 saturated heterocycles. The number of rotatable bonds is 13. The highest BCUT2D eigenvalue weighted by atomic mass is 19.4. The summed E-state index contributed by atoms with van der Waals surface area (Å²) >= 11 is 0. The number of benzene rings is 8. The van der Waals surface area contributed by atoms with Crippen molar-refractivity contribution in [3.05, 3.63) is 270 Å². The van der Waals surface area contributed by atoms with Gasteiger partial charge in [0.25, 0.3) is 47.3 Å². The lowest BCUT2D eigenvalue weighted by Gasteiger charge is -2.34. The number of aryl methyl sites for hydroxylation is 3. The fraction of sp³-hybridized carbons (Fsp3) is 0.215. The van der Waals surface area contributed by atoms with Gasteiger partial charge in [-0.05, 0) is 190 Å². The van der Waals surface area contributed by atoms with Crippen LogP contribution in [0.3, 0.4) is 0 Å². The largest absolute Gasteiger partial charge is 0.423 e. The molecule has 4 aliphatic rings. The topological polar surface area (TPSA) is 202 Å². The molecule has 0 aliphatic carbocycles. The Morgan fingerprint density at radius 1 is 0.346 bits per heavy atom. The molecular formula is C79H58F12N4O12. The number of carbonyl (C=O) groups is 10. The third-order valence-electron chi connectivity index (χ3n) is 19.8. The smallest absolute Gasteiger partial charge is 0.417 e. The van der Waals surface area contributed by atoms with Crippen LogP contribution in [0, 0.1) is 20.8 Å². The molecule has 0 fully saturated rings. The van der Waals surface area contributed by atoms with Crippen LogP contribution in [-0.4, -0.2) is 102 Å². The van der Waals surface area contributed by atoms with E-state index in [0.717, 1.165) is 151 Å². The number of amides is 8. The molecule has 0 spiro atoms. The highest BCUT2D eigenvalue weighted by molar-refractivity contribution is 6.36. The molecule has 0 radical (unpaired) electrons. The van der Waals surface area contributed by atoms with Crippen molar-refractivity contribution >= 4 is 70.6 Å². The van der Waals surface area contributed by atoms with Gasteiger partial charge in [-0.2, -0.15) is 52.7 Å². The molecular weight excluding hydrogens is 1420 g/mol. The van der Waals surface area contributed by atoms with Crippen LogP contribution in [0.2, 0.25) is 0 Å². The molecule has 28 heteroatoms. The van der Waals surface area contributed by atoms with E-state index in [1.165, 1.54) is 40.9 Å². The number of ether oxygens (including phenoxy) is 2. The Bertz CT molecular complexity index is 5340. The lowest BCUT2D eigenvalue weighted by atomic mass is 9.74. The van der Waals surface area contributed by atoms with Gasteiger partial charge in [0.2, 0.25) is 0 Å². The van der Waals surface area contributed by atoms with Gasteiger partial charge in [-0.25, -0.2) is 19.4 Å². The van der Waals surface area contributed by atoms with Crippen LogP contribution in [0.25, 0.3) is 11.1 Å². The van der Waals surface area contributed by atoms with Crippen molar-refractivity contribution in [2.24, 2.45) is 0 Å². The number of nitrogens with zero attached hydrogens (tertiary/aromatic N) is 4. The first kappa shape index (κ1) is 76.0. The number of alkyl halides is 12. The van der Waals surface area contributed by atoms with E-state index in [1.807, 2.05) is 0 Å². The number of anilines is 2. The average molecular weight is 1480 g/mol. The third kappa shape index (κ3) is 12.4. The van der Waals surface area contributed by atoms with Crippen LogP contribution in [0.4, 0.5) is 64.1 Å². The predicted molar refractivity (Wildman–Crippen MR) is 363 cm³/mol. The lowest BCUT2D eigenvalue weighted by molar-refractivity contribution is -0.173. The zero-order valence-electron chi connectivity index (χ0n) is 58.0. The molecule has 0 aromatic heterocycles. The van der Waals surface area contributed by atoms with E-state index in [9.17, 15) is 74.3 Å². The maximum absolute atomic E-state index is 15.4. The first-order chi connectivity index (χ1) is 49.6. The standard InChI is InChI=1S/C44H34F6N2O8.C35H24F6N2O4/c1-21(2)39(57)59-33-15-11-24(17-23(33)5)41(6,43(45,46)47)27-12-16-34(60-40(58)22(3)4)32(20-27)52-37(55)29-14-10-26(19-31(29)38(52)56)42(7,44(48,49)50)25-9-13-28-30(18-25)36(54)51(8)35(28)53;1-17-5-9-22(18(2)13-17)23-12-8-21(16-28(23)34(36,37)38)43-31(46)25-11-7-20(15-27(25)32(43)47)33(3,35(39,40)41)19-6-10-24-26(14-19)30(45)42(4)29(24)44/h9-20H,1,3H2,2,4-8H3;5-16H,1-4H3. The second kappa shape index (κ2) is 26.2. The Kier molecular flexibility index (Phi) is 18.6. The molecule has 550 valence electrons. The Morgan fingerprint density at radius 3 is 1.06 bits per heavy atom. The minimum atomic E-state index is -5.10. The van der Waals surface area contributed by atoms with Gasteiger partial charge < -0.3 is 9.47 Å². The van der Waals surface area contributed by atoms with Crippen molar-refractivity contribution in [2.45, 2.75) is 96.3 Å². The minimum absolute atomic E-state index is 0.0426. The highest BCUT2D eigenvalue weighted by Gasteiger charge is 2.58. The second-order valence-electron chi connectivity index (χ2n) is 26.7. The highest BCUT2D eigenvalue weighted by Crippen LogP contribution is 2.53. The summed E-state index contributed by atoms with van der Waals surface area (Å²) in [6.45, 7) is 16.9. The van der Waals surface area contributed by atoms with Gasteiger partial charge in [0.05, 0.1) is 61.4 Å². The fourth-order valence-electron chi connectivity index (χ4n) is 13.2. The van der Waals surface area contributed by atoms with Gasteiger partial charge in [0, 0.05) is 25.2 Å². The first-order valence-corrected chi connectivity index (χ1v) is 32.1. The monoisotopic (exact) mass is 1480 g/mol. The molecule has 8 aromatic carbocycles.